The number of aryl methyl sites for hydroxylation is 2. The summed E-state index contributed by atoms with van der Waals surface area (Å²) >= 11 is 0. The van der Waals surface area contributed by atoms with E-state index in [9.17, 15) is 4.79 Å². The van der Waals surface area contributed by atoms with Crippen LogP contribution in [-0.2, 0) is 7.05 Å². The predicted octanol–water partition coefficient (Wildman–Crippen LogP) is 3.33. The minimum absolute atomic E-state index is 0.0183. The molecule has 1 fully saturated rings. The molecule has 0 radical (unpaired) electrons. The summed E-state index contributed by atoms with van der Waals surface area (Å²) in [5.74, 6) is 1.33. The molecule has 0 N–H and O–H groups in total. The average molecular weight is 377 g/mol. The summed E-state index contributed by atoms with van der Waals surface area (Å²) in [4.78, 5) is 23.8. The Morgan fingerprint density at radius 3 is 2.71 bits per heavy atom. The summed E-state index contributed by atoms with van der Waals surface area (Å²) in [7, 11) is 1.83. The highest BCUT2D eigenvalue weighted by molar-refractivity contribution is 5.95. The highest BCUT2D eigenvalue weighted by atomic mass is 16.5. The molecular formula is C21H23N5O2. The Labute approximate surface area is 164 Å². The third-order valence-corrected chi connectivity index (χ3v) is 4.99. The molecule has 7 heteroatoms. The van der Waals surface area contributed by atoms with Crippen molar-refractivity contribution < 1.29 is 9.53 Å². The van der Waals surface area contributed by atoms with Gasteiger partial charge in [0.1, 0.15) is 11.4 Å². The minimum atomic E-state index is 0.0183. The van der Waals surface area contributed by atoms with E-state index in [1.165, 1.54) is 0 Å². The van der Waals surface area contributed by atoms with E-state index in [0.29, 0.717) is 18.0 Å². The van der Waals surface area contributed by atoms with Crippen LogP contribution in [0.5, 0.6) is 11.6 Å². The number of carbonyl (C=O) groups excluding carboxylic acids is 1. The average Bonchev–Trinajstić information content (AvgIpc) is 3.07. The maximum absolute atomic E-state index is 13.0. The predicted molar refractivity (Wildman–Crippen MR) is 104 cm³/mol. The van der Waals surface area contributed by atoms with E-state index < -0.39 is 0 Å². The van der Waals surface area contributed by atoms with E-state index in [4.69, 9.17) is 4.74 Å². The Kier molecular flexibility index (Phi) is 5.06. The highest BCUT2D eigenvalue weighted by Crippen LogP contribution is 2.33. The number of likely N-dealkylation sites (tertiary alicyclic amines) is 1. The second-order valence-corrected chi connectivity index (χ2v) is 7.05. The molecule has 2 aromatic heterocycles. The molecule has 1 saturated heterocycles. The first-order valence-corrected chi connectivity index (χ1v) is 9.45. The van der Waals surface area contributed by atoms with E-state index >= 15 is 0 Å². The van der Waals surface area contributed by atoms with Crippen LogP contribution >= 0.6 is 0 Å². The molecule has 1 aliphatic rings. The van der Waals surface area contributed by atoms with Crippen molar-refractivity contribution in [2.24, 2.45) is 7.05 Å². The molecule has 1 atom stereocenters. The summed E-state index contributed by atoms with van der Waals surface area (Å²) < 4.78 is 7.65. The van der Waals surface area contributed by atoms with Crippen LogP contribution in [-0.4, -0.2) is 43.6 Å². The molecule has 1 unspecified atom stereocenters. The highest BCUT2D eigenvalue weighted by Gasteiger charge is 2.30. The lowest BCUT2D eigenvalue weighted by Crippen LogP contribution is -2.39. The van der Waals surface area contributed by atoms with Crippen LogP contribution in [0.3, 0.4) is 0 Å². The second-order valence-electron chi connectivity index (χ2n) is 7.05. The van der Waals surface area contributed by atoms with Crippen LogP contribution in [0.1, 0.15) is 40.5 Å². The van der Waals surface area contributed by atoms with Crippen molar-refractivity contribution in [3.63, 3.8) is 0 Å². The fourth-order valence-electron chi connectivity index (χ4n) is 3.66. The molecule has 28 heavy (non-hydrogen) atoms. The van der Waals surface area contributed by atoms with Gasteiger partial charge in [-0.25, -0.2) is 4.98 Å². The summed E-state index contributed by atoms with van der Waals surface area (Å²) in [5, 5.41) is 4.29. The first kappa shape index (κ1) is 18.2. The quantitative estimate of drug-likeness (QED) is 0.697. The van der Waals surface area contributed by atoms with Crippen molar-refractivity contribution in [2.75, 3.05) is 13.1 Å². The van der Waals surface area contributed by atoms with Gasteiger partial charge in [-0.15, -0.1) is 0 Å². The number of rotatable bonds is 4. The smallest absolute Gasteiger partial charge is 0.257 e. The molecule has 3 aromatic rings. The van der Waals surface area contributed by atoms with Gasteiger partial charge in [-0.1, -0.05) is 18.2 Å². The molecule has 0 spiro atoms. The van der Waals surface area contributed by atoms with Gasteiger partial charge < -0.3 is 9.64 Å². The maximum Gasteiger partial charge on any atom is 0.257 e. The van der Waals surface area contributed by atoms with Gasteiger partial charge in [0, 0.05) is 44.6 Å². The van der Waals surface area contributed by atoms with Crippen LogP contribution in [0.25, 0.3) is 0 Å². The SMILES string of the molecule is Cc1nn(C)cc1C(=O)N1CCCC(c2nccnc2Oc2ccccc2)C1. The minimum Gasteiger partial charge on any atom is -0.437 e. The fraction of sp³-hybridized carbons (Fsp3) is 0.333. The van der Waals surface area contributed by atoms with Crippen molar-refractivity contribution in [3.8, 4) is 11.6 Å². The number of hydrogen-bond acceptors (Lipinski definition) is 5. The number of benzene rings is 1. The van der Waals surface area contributed by atoms with Crippen LogP contribution in [0, 0.1) is 6.92 Å². The van der Waals surface area contributed by atoms with E-state index in [1.807, 2.05) is 49.2 Å². The van der Waals surface area contributed by atoms with E-state index in [1.54, 1.807) is 23.3 Å². The number of aromatic nitrogens is 4. The standard InChI is InChI=1S/C21H23N5O2/c1-15-18(14-25(2)24-15)21(27)26-12-6-7-16(13-26)19-20(23-11-10-22-19)28-17-8-4-3-5-9-17/h3-5,8-11,14,16H,6-7,12-13H2,1-2H3. The molecule has 7 nitrogen and oxygen atoms in total. The molecular weight excluding hydrogens is 354 g/mol. The molecule has 0 bridgehead atoms. The van der Waals surface area contributed by atoms with Gasteiger partial charge in [0.15, 0.2) is 0 Å². The zero-order valence-corrected chi connectivity index (χ0v) is 16.1. The lowest BCUT2D eigenvalue weighted by molar-refractivity contribution is 0.0704. The Morgan fingerprint density at radius 2 is 1.96 bits per heavy atom. The van der Waals surface area contributed by atoms with Gasteiger partial charge in [-0.2, -0.15) is 5.10 Å². The number of nitrogens with zero attached hydrogens (tertiary/aromatic N) is 5. The molecule has 4 rings (SSSR count). The van der Waals surface area contributed by atoms with Crippen LogP contribution in [0.4, 0.5) is 0 Å². The number of para-hydroxylation sites is 1. The Hall–Kier alpha value is -3.22. The Bertz CT molecular complexity index is 970. The summed E-state index contributed by atoms with van der Waals surface area (Å²) in [5.41, 5.74) is 2.21. The van der Waals surface area contributed by atoms with Crippen molar-refractivity contribution in [1.29, 1.82) is 0 Å². The lowest BCUT2D eigenvalue weighted by Gasteiger charge is -2.32. The molecule has 0 saturated carbocycles. The molecule has 144 valence electrons. The summed E-state index contributed by atoms with van der Waals surface area (Å²) in [6.07, 6.45) is 6.95. The van der Waals surface area contributed by atoms with Crippen molar-refractivity contribution in [3.05, 3.63) is 65.9 Å². The second kappa shape index (κ2) is 7.80. The fourth-order valence-corrected chi connectivity index (χ4v) is 3.66. The summed E-state index contributed by atoms with van der Waals surface area (Å²) in [6.45, 7) is 3.19. The number of amides is 1. The summed E-state index contributed by atoms with van der Waals surface area (Å²) in [6, 6.07) is 9.56. The number of hydrogen-bond donors (Lipinski definition) is 0. The van der Waals surface area contributed by atoms with Crippen LogP contribution in [0.2, 0.25) is 0 Å². The topological polar surface area (TPSA) is 73.1 Å². The van der Waals surface area contributed by atoms with Gasteiger partial charge >= 0.3 is 0 Å². The van der Waals surface area contributed by atoms with E-state index in [-0.39, 0.29) is 11.8 Å². The molecule has 3 heterocycles. The number of ether oxygens (including phenoxy) is 1. The van der Waals surface area contributed by atoms with Crippen molar-refractivity contribution >= 4 is 5.91 Å². The van der Waals surface area contributed by atoms with Crippen molar-refractivity contribution in [2.45, 2.75) is 25.7 Å². The number of piperidine rings is 1. The van der Waals surface area contributed by atoms with Crippen LogP contribution in [0.15, 0.2) is 48.9 Å². The van der Waals surface area contributed by atoms with Gasteiger partial charge in [0.25, 0.3) is 5.91 Å². The largest absolute Gasteiger partial charge is 0.437 e. The zero-order chi connectivity index (χ0) is 19.5. The Morgan fingerprint density at radius 1 is 1.18 bits per heavy atom. The first-order chi connectivity index (χ1) is 13.6. The maximum atomic E-state index is 13.0. The third-order valence-electron chi connectivity index (χ3n) is 4.99. The Balaban J connectivity index is 1.55. The third kappa shape index (κ3) is 3.74. The van der Waals surface area contributed by atoms with Gasteiger partial charge in [-0.3, -0.25) is 14.5 Å². The zero-order valence-electron chi connectivity index (χ0n) is 16.1. The van der Waals surface area contributed by atoms with Gasteiger partial charge in [-0.05, 0) is 31.9 Å². The van der Waals surface area contributed by atoms with Gasteiger partial charge in [0.05, 0.1) is 11.3 Å². The molecule has 1 aromatic carbocycles. The van der Waals surface area contributed by atoms with Gasteiger partial charge in [0.2, 0.25) is 5.88 Å². The van der Waals surface area contributed by atoms with E-state index in [0.717, 1.165) is 36.5 Å². The molecule has 1 amide bonds. The molecule has 1 aliphatic heterocycles. The number of carbonyl (C=O) groups is 1. The van der Waals surface area contributed by atoms with E-state index in [2.05, 4.69) is 15.1 Å². The van der Waals surface area contributed by atoms with Crippen LogP contribution < -0.4 is 4.74 Å². The van der Waals surface area contributed by atoms with Crippen molar-refractivity contribution in [1.82, 2.24) is 24.6 Å². The molecule has 0 aliphatic carbocycles. The first-order valence-electron chi connectivity index (χ1n) is 9.45. The lowest BCUT2D eigenvalue weighted by atomic mass is 9.94. The normalized spacial score (nSPS) is 16.8. The monoisotopic (exact) mass is 377 g/mol.